The van der Waals surface area contributed by atoms with E-state index in [9.17, 15) is 18.4 Å². The summed E-state index contributed by atoms with van der Waals surface area (Å²) >= 11 is 1.15. The van der Waals surface area contributed by atoms with Gasteiger partial charge in [0.15, 0.2) is 16.3 Å². The van der Waals surface area contributed by atoms with Gasteiger partial charge in [-0.05, 0) is 55.3 Å². The molecule has 43 heavy (non-hydrogen) atoms. The molecule has 1 atom stereocenters. The zero-order valence-electron chi connectivity index (χ0n) is 23.6. The number of esters is 1. The summed E-state index contributed by atoms with van der Waals surface area (Å²) < 4.78 is 48.3. The maximum atomic E-state index is 14.0. The van der Waals surface area contributed by atoms with Crippen molar-refractivity contribution in [2.24, 2.45) is 4.99 Å². The minimum Gasteiger partial charge on any atom is -0.494 e. The molecule has 1 aromatic heterocycles. The number of ether oxygens (including phenoxy) is 4. The van der Waals surface area contributed by atoms with E-state index in [0.717, 1.165) is 11.3 Å². The first kappa shape index (κ1) is 29.7. The fourth-order valence-electron chi connectivity index (χ4n) is 4.79. The smallest absolute Gasteiger partial charge is 0.387 e. The minimum absolute atomic E-state index is 0.0880. The zero-order chi connectivity index (χ0) is 30.5. The molecule has 0 N–H and O–H groups in total. The van der Waals surface area contributed by atoms with Crippen LogP contribution in [0.5, 0.6) is 17.2 Å². The molecule has 0 aliphatic carbocycles. The summed E-state index contributed by atoms with van der Waals surface area (Å²) in [5, 5.41) is 0. The number of hydrogen-bond donors (Lipinski definition) is 0. The molecule has 0 radical (unpaired) electrons. The van der Waals surface area contributed by atoms with Gasteiger partial charge in [-0.3, -0.25) is 9.36 Å². The van der Waals surface area contributed by atoms with E-state index < -0.39 is 18.6 Å². The maximum absolute atomic E-state index is 14.0. The third kappa shape index (κ3) is 6.21. The molecule has 0 spiro atoms. The molecule has 4 aromatic rings. The molecule has 222 valence electrons. The largest absolute Gasteiger partial charge is 0.494 e. The van der Waals surface area contributed by atoms with Crippen molar-refractivity contribution in [3.63, 3.8) is 0 Å². The number of benzene rings is 3. The monoisotopic (exact) mass is 606 g/mol. The van der Waals surface area contributed by atoms with Gasteiger partial charge >= 0.3 is 12.6 Å². The van der Waals surface area contributed by atoms with E-state index in [1.165, 1.54) is 23.8 Å². The number of fused-ring (bicyclic) bond motifs is 1. The van der Waals surface area contributed by atoms with Gasteiger partial charge in [0.25, 0.3) is 5.56 Å². The van der Waals surface area contributed by atoms with E-state index in [4.69, 9.17) is 19.2 Å². The number of halogens is 2. The van der Waals surface area contributed by atoms with Gasteiger partial charge in [-0.25, -0.2) is 9.79 Å². The topological polar surface area (TPSA) is 88.4 Å². The molecule has 3 aromatic carbocycles. The highest BCUT2D eigenvalue weighted by atomic mass is 32.1. The maximum Gasteiger partial charge on any atom is 0.387 e. The predicted molar refractivity (Wildman–Crippen MR) is 158 cm³/mol. The Labute approximate surface area is 249 Å². The van der Waals surface area contributed by atoms with Crippen LogP contribution in [0.3, 0.4) is 0 Å². The Bertz CT molecular complexity index is 1830. The Kier molecular flexibility index (Phi) is 9.01. The fourth-order valence-corrected chi connectivity index (χ4v) is 5.79. The molecule has 5 rings (SSSR count). The zero-order valence-corrected chi connectivity index (χ0v) is 24.4. The second-order valence-electron chi connectivity index (χ2n) is 9.22. The van der Waals surface area contributed by atoms with Gasteiger partial charge in [0, 0.05) is 5.56 Å². The lowest BCUT2D eigenvalue weighted by Gasteiger charge is -2.26. The van der Waals surface area contributed by atoms with Crippen molar-refractivity contribution in [2.45, 2.75) is 26.5 Å². The van der Waals surface area contributed by atoms with Crippen molar-refractivity contribution >= 4 is 29.1 Å². The SMILES string of the molecule is CCOC(=O)C1=C(c2ccccc2)N=c2s/c(=C\c3ccc(OC(F)F)c(OC)c3)c(=O)n2[C@@H]1c1ccc(OCC)cc1. The van der Waals surface area contributed by atoms with Crippen molar-refractivity contribution in [2.75, 3.05) is 20.3 Å². The fraction of sp³-hybridized carbons (Fsp3) is 0.219. The second kappa shape index (κ2) is 13.0. The van der Waals surface area contributed by atoms with Crippen molar-refractivity contribution < 1.29 is 32.5 Å². The van der Waals surface area contributed by atoms with Crippen molar-refractivity contribution in [3.8, 4) is 17.2 Å². The van der Waals surface area contributed by atoms with Crippen molar-refractivity contribution in [1.82, 2.24) is 4.57 Å². The number of aromatic nitrogens is 1. The Hall–Kier alpha value is -4.77. The number of rotatable bonds is 10. The van der Waals surface area contributed by atoms with Crippen molar-refractivity contribution in [1.29, 1.82) is 0 Å². The molecule has 1 aliphatic rings. The molecule has 2 heterocycles. The normalized spacial score (nSPS) is 14.7. The first-order chi connectivity index (χ1) is 20.8. The Morgan fingerprint density at radius 3 is 2.42 bits per heavy atom. The van der Waals surface area contributed by atoms with Crippen LogP contribution in [0.25, 0.3) is 11.8 Å². The summed E-state index contributed by atoms with van der Waals surface area (Å²) in [5.74, 6) is 0.0256. The van der Waals surface area contributed by atoms with Crippen LogP contribution in [-0.2, 0) is 9.53 Å². The van der Waals surface area contributed by atoms with Gasteiger partial charge in [-0.15, -0.1) is 0 Å². The van der Waals surface area contributed by atoms with E-state index in [0.29, 0.717) is 44.1 Å². The molecule has 0 bridgehead atoms. The highest BCUT2D eigenvalue weighted by Crippen LogP contribution is 2.36. The lowest BCUT2D eigenvalue weighted by molar-refractivity contribution is -0.138. The summed E-state index contributed by atoms with van der Waals surface area (Å²) in [6.07, 6.45) is 1.62. The van der Waals surface area contributed by atoms with E-state index in [1.807, 2.05) is 49.4 Å². The van der Waals surface area contributed by atoms with Gasteiger partial charge in [-0.2, -0.15) is 8.78 Å². The van der Waals surface area contributed by atoms with Gasteiger partial charge in [0.1, 0.15) is 5.75 Å². The third-order valence-electron chi connectivity index (χ3n) is 6.58. The Balaban J connectivity index is 1.74. The molecule has 8 nitrogen and oxygen atoms in total. The summed E-state index contributed by atoms with van der Waals surface area (Å²) in [5.41, 5.74) is 2.13. The molecular weight excluding hydrogens is 578 g/mol. The highest BCUT2D eigenvalue weighted by molar-refractivity contribution is 7.07. The van der Waals surface area contributed by atoms with Crippen LogP contribution in [0.1, 0.15) is 36.6 Å². The molecule has 0 fully saturated rings. The third-order valence-corrected chi connectivity index (χ3v) is 7.56. The molecular formula is C32H28F2N2O6S. The number of carbonyl (C=O) groups excluding carboxylic acids is 1. The summed E-state index contributed by atoms with van der Waals surface area (Å²) in [6.45, 7) is 1.21. The van der Waals surface area contributed by atoms with Crippen LogP contribution >= 0.6 is 11.3 Å². The van der Waals surface area contributed by atoms with Crippen LogP contribution in [0.15, 0.2) is 88.2 Å². The first-order valence-electron chi connectivity index (χ1n) is 13.5. The van der Waals surface area contributed by atoms with E-state index in [-0.39, 0.29) is 29.2 Å². The van der Waals surface area contributed by atoms with Crippen LogP contribution in [0, 0.1) is 0 Å². The average molecular weight is 607 g/mol. The Morgan fingerprint density at radius 2 is 1.77 bits per heavy atom. The lowest BCUT2D eigenvalue weighted by Crippen LogP contribution is -2.40. The lowest BCUT2D eigenvalue weighted by atomic mass is 9.93. The molecule has 0 amide bonds. The molecule has 0 saturated heterocycles. The van der Waals surface area contributed by atoms with E-state index in [2.05, 4.69) is 4.74 Å². The van der Waals surface area contributed by atoms with Crippen molar-refractivity contribution in [3.05, 3.63) is 115 Å². The number of nitrogens with zero attached hydrogens (tertiary/aromatic N) is 2. The second-order valence-corrected chi connectivity index (χ2v) is 10.2. The Morgan fingerprint density at radius 1 is 1.02 bits per heavy atom. The quantitative estimate of drug-likeness (QED) is 0.238. The van der Waals surface area contributed by atoms with Crippen LogP contribution in [0.2, 0.25) is 0 Å². The van der Waals surface area contributed by atoms with E-state index in [1.54, 1.807) is 31.2 Å². The van der Waals surface area contributed by atoms with Crippen LogP contribution in [0.4, 0.5) is 8.78 Å². The molecule has 0 unspecified atom stereocenters. The number of hydrogen-bond acceptors (Lipinski definition) is 8. The van der Waals surface area contributed by atoms with Gasteiger partial charge in [0.2, 0.25) is 0 Å². The molecule has 0 saturated carbocycles. The minimum atomic E-state index is -3.02. The molecule has 1 aliphatic heterocycles. The number of methoxy groups -OCH3 is 1. The van der Waals surface area contributed by atoms with Gasteiger partial charge < -0.3 is 18.9 Å². The predicted octanol–water partition coefficient (Wildman–Crippen LogP) is 4.94. The van der Waals surface area contributed by atoms with Gasteiger partial charge in [0.05, 0.1) is 42.2 Å². The van der Waals surface area contributed by atoms with Crippen LogP contribution < -0.4 is 29.1 Å². The van der Waals surface area contributed by atoms with Gasteiger partial charge in [-0.1, -0.05) is 59.9 Å². The highest BCUT2D eigenvalue weighted by Gasteiger charge is 2.35. The standard InChI is InChI=1S/C32H28F2N2O6S/c1-4-40-22-14-12-21(13-15-22)28-26(30(38)41-5-2)27(20-9-7-6-8-10-20)35-32-36(28)29(37)25(43-32)18-19-11-16-23(42-31(33)34)24(17-19)39-3/h6-18,28,31H,4-5H2,1-3H3/b25-18-/t28-/m1/s1. The first-order valence-corrected chi connectivity index (χ1v) is 14.3. The molecule has 11 heteroatoms. The summed E-state index contributed by atoms with van der Waals surface area (Å²) in [7, 11) is 1.34. The number of thiazole rings is 1. The summed E-state index contributed by atoms with van der Waals surface area (Å²) in [4.78, 5) is 32.8. The van der Waals surface area contributed by atoms with E-state index >= 15 is 0 Å². The summed E-state index contributed by atoms with van der Waals surface area (Å²) in [6, 6.07) is 20.0. The number of carbonyl (C=O) groups is 1. The van der Waals surface area contributed by atoms with Crippen LogP contribution in [-0.4, -0.2) is 37.5 Å². The number of alkyl halides is 2. The average Bonchev–Trinajstić information content (AvgIpc) is 3.32.